The highest BCUT2D eigenvalue weighted by atomic mass is 16.2. The van der Waals surface area contributed by atoms with Crippen molar-refractivity contribution in [3.63, 3.8) is 0 Å². The molecule has 0 fully saturated rings. The summed E-state index contributed by atoms with van der Waals surface area (Å²) in [6, 6.07) is 2.09. The maximum atomic E-state index is 11.8. The Morgan fingerprint density at radius 1 is 1.43 bits per heavy atom. The summed E-state index contributed by atoms with van der Waals surface area (Å²) in [4.78, 5) is 15.7. The van der Waals surface area contributed by atoms with Gasteiger partial charge in [-0.05, 0) is 6.07 Å². The highest BCUT2D eigenvalue weighted by Crippen LogP contribution is 2.21. The van der Waals surface area contributed by atoms with Gasteiger partial charge in [0.25, 0.3) is 0 Å². The van der Waals surface area contributed by atoms with E-state index in [0.717, 1.165) is 19.6 Å². The largest absolute Gasteiger partial charge is 0.336 e. The van der Waals surface area contributed by atoms with Crippen LogP contribution in [0.3, 0.4) is 0 Å². The van der Waals surface area contributed by atoms with Crippen LogP contribution in [0.25, 0.3) is 0 Å². The molecule has 0 aromatic carbocycles. The maximum absolute atomic E-state index is 11.8. The molecule has 3 heterocycles. The normalized spacial score (nSPS) is 17.8. The van der Waals surface area contributed by atoms with Crippen LogP contribution in [0.15, 0.2) is 24.7 Å². The van der Waals surface area contributed by atoms with Crippen LogP contribution in [0.2, 0.25) is 0 Å². The molecule has 124 valence electrons. The number of amides is 2. The molecule has 0 unspecified atom stereocenters. The van der Waals surface area contributed by atoms with Crippen molar-refractivity contribution < 1.29 is 4.79 Å². The molecule has 0 saturated carbocycles. The zero-order valence-corrected chi connectivity index (χ0v) is 13.8. The highest BCUT2D eigenvalue weighted by Gasteiger charge is 2.26. The van der Waals surface area contributed by atoms with Crippen LogP contribution in [-0.2, 0) is 20.1 Å². The van der Waals surface area contributed by atoms with E-state index in [9.17, 15) is 4.79 Å². The molecule has 2 amide bonds. The summed E-state index contributed by atoms with van der Waals surface area (Å²) in [6.45, 7) is 3.11. The standard InChI is InChI=1S/C15H23N7O/c1-19(2)15(23)16-7-14-11-21(9-12-6-18-20(3)8-12)10-13-4-5-17-22(13)14/h4-6,8,14H,7,9-11H2,1-3H3,(H,16,23)/t14-/m0/s1. The molecule has 0 aliphatic carbocycles. The number of nitrogens with zero attached hydrogens (tertiary/aromatic N) is 6. The number of fused-ring (bicyclic) bond motifs is 1. The van der Waals surface area contributed by atoms with Gasteiger partial charge in [-0.1, -0.05) is 0 Å². The van der Waals surface area contributed by atoms with E-state index in [2.05, 4.69) is 20.4 Å². The number of aryl methyl sites for hydroxylation is 1. The van der Waals surface area contributed by atoms with Crippen LogP contribution in [-0.4, -0.2) is 62.6 Å². The lowest BCUT2D eigenvalue weighted by atomic mass is 10.1. The summed E-state index contributed by atoms with van der Waals surface area (Å²) in [5, 5.41) is 11.6. The van der Waals surface area contributed by atoms with E-state index in [0.29, 0.717) is 6.54 Å². The zero-order chi connectivity index (χ0) is 16.4. The Hall–Kier alpha value is -2.35. The summed E-state index contributed by atoms with van der Waals surface area (Å²) < 4.78 is 3.84. The van der Waals surface area contributed by atoms with E-state index < -0.39 is 0 Å². The van der Waals surface area contributed by atoms with Gasteiger partial charge in [-0.15, -0.1) is 0 Å². The fourth-order valence-electron chi connectivity index (χ4n) is 2.91. The Kier molecular flexibility index (Phi) is 4.33. The summed E-state index contributed by atoms with van der Waals surface area (Å²) in [6.07, 6.45) is 5.76. The molecular weight excluding hydrogens is 294 g/mol. The van der Waals surface area contributed by atoms with Gasteiger partial charge in [-0.3, -0.25) is 14.3 Å². The Balaban J connectivity index is 1.68. The van der Waals surface area contributed by atoms with Gasteiger partial charge < -0.3 is 10.2 Å². The Labute approximate surface area is 135 Å². The van der Waals surface area contributed by atoms with E-state index in [1.165, 1.54) is 11.3 Å². The molecule has 0 saturated heterocycles. The number of hydrogen-bond donors (Lipinski definition) is 1. The number of urea groups is 1. The first kappa shape index (κ1) is 15.5. The first-order chi connectivity index (χ1) is 11.0. The average Bonchev–Trinajstić information content (AvgIpc) is 3.13. The molecular formula is C15H23N7O. The number of carbonyl (C=O) groups is 1. The van der Waals surface area contributed by atoms with Crippen molar-refractivity contribution in [2.45, 2.75) is 19.1 Å². The maximum Gasteiger partial charge on any atom is 0.316 e. The van der Waals surface area contributed by atoms with Crippen molar-refractivity contribution in [1.82, 2.24) is 34.7 Å². The van der Waals surface area contributed by atoms with Gasteiger partial charge in [0.2, 0.25) is 0 Å². The molecule has 8 heteroatoms. The lowest BCUT2D eigenvalue weighted by molar-refractivity contribution is 0.162. The molecule has 2 aromatic rings. The molecule has 1 atom stereocenters. The minimum atomic E-state index is -0.0805. The van der Waals surface area contributed by atoms with Gasteiger partial charge in [0.15, 0.2) is 0 Å². The first-order valence-corrected chi connectivity index (χ1v) is 7.70. The Morgan fingerprint density at radius 3 is 2.96 bits per heavy atom. The van der Waals surface area contributed by atoms with Crippen molar-refractivity contribution in [2.75, 3.05) is 27.2 Å². The van der Waals surface area contributed by atoms with Crippen molar-refractivity contribution in [3.8, 4) is 0 Å². The molecule has 3 rings (SSSR count). The molecule has 1 N–H and O–H groups in total. The van der Waals surface area contributed by atoms with Crippen LogP contribution < -0.4 is 5.32 Å². The van der Waals surface area contributed by atoms with Gasteiger partial charge in [0.1, 0.15) is 0 Å². The van der Waals surface area contributed by atoms with Gasteiger partial charge >= 0.3 is 6.03 Å². The fourth-order valence-corrected chi connectivity index (χ4v) is 2.91. The van der Waals surface area contributed by atoms with Crippen molar-refractivity contribution in [3.05, 3.63) is 35.9 Å². The molecule has 1 aliphatic heterocycles. The summed E-state index contributed by atoms with van der Waals surface area (Å²) in [7, 11) is 5.41. The van der Waals surface area contributed by atoms with E-state index in [1.54, 1.807) is 19.0 Å². The van der Waals surface area contributed by atoms with Crippen LogP contribution in [0.4, 0.5) is 4.79 Å². The first-order valence-electron chi connectivity index (χ1n) is 7.70. The number of hydrogen-bond acceptors (Lipinski definition) is 4. The average molecular weight is 317 g/mol. The van der Waals surface area contributed by atoms with Crippen LogP contribution in [0.1, 0.15) is 17.3 Å². The molecule has 0 spiro atoms. The summed E-state index contributed by atoms with van der Waals surface area (Å²) in [5.41, 5.74) is 2.36. The van der Waals surface area contributed by atoms with Gasteiger partial charge in [0, 0.05) is 65.3 Å². The topological polar surface area (TPSA) is 71.2 Å². The molecule has 1 aliphatic rings. The predicted octanol–water partition coefficient (Wildman–Crippen LogP) is 0.445. The quantitative estimate of drug-likeness (QED) is 0.888. The van der Waals surface area contributed by atoms with E-state index in [1.807, 2.05) is 41.1 Å². The minimum Gasteiger partial charge on any atom is -0.336 e. The second-order valence-electron chi connectivity index (χ2n) is 6.19. The van der Waals surface area contributed by atoms with Crippen LogP contribution >= 0.6 is 0 Å². The second kappa shape index (κ2) is 6.41. The smallest absolute Gasteiger partial charge is 0.316 e. The van der Waals surface area contributed by atoms with Crippen molar-refractivity contribution in [1.29, 1.82) is 0 Å². The third-order valence-corrected chi connectivity index (χ3v) is 4.01. The number of nitrogens with one attached hydrogen (secondary N) is 1. The molecule has 0 bridgehead atoms. The molecule has 23 heavy (non-hydrogen) atoms. The third-order valence-electron chi connectivity index (χ3n) is 4.01. The Morgan fingerprint density at radius 2 is 2.26 bits per heavy atom. The molecule has 0 radical (unpaired) electrons. The summed E-state index contributed by atoms with van der Waals surface area (Å²) >= 11 is 0. The second-order valence-corrected chi connectivity index (χ2v) is 6.19. The number of aromatic nitrogens is 4. The van der Waals surface area contributed by atoms with Crippen molar-refractivity contribution in [2.24, 2.45) is 7.05 Å². The lowest BCUT2D eigenvalue weighted by Crippen LogP contribution is -2.44. The van der Waals surface area contributed by atoms with E-state index in [4.69, 9.17) is 0 Å². The van der Waals surface area contributed by atoms with Crippen molar-refractivity contribution >= 4 is 6.03 Å². The molecule has 2 aromatic heterocycles. The number of rotatable bonds is 4. The van der Waals surface area contributed by atoms with E-state index in [-0.39, 0.29) is 12.1 Å². The minimum absolute atomic E-state index is 0.0805. The third kappa shape index (κ3) is 3.53. The SMILES string of the molecule is CN(C)C(=O)NC[C@H]1CN(Cc2cnn(C)c2)Cc2ccnn21. The van der Waals surface area contributed by atoms with Gasteiger partial charge in [-0.2, -0.15) is 10.2 Å². The summed E-state index contributed by atoms with van der Waals surface area (Å²) in [5.74, 6) is 0. The van der Waals surface area contributed by atoms with Gasteiger partial charge in [0.05, 0.1) is 17.9 Å². The Bertz CT molecular complexity index is 675. The van der Waals surface area contributed by atoms with E-state index >= 15 is 0 Å². The fraction of sp³-hybridized carbons (Fsp3) is 0.533. The van der Waals surface area contributed by atoms with Crippen LogP contribution in [0, 0.1) is 0 Å². The van der Waals surface area contributed by atoms with Gasteiger partial charge in [-0.25, -0.2) is 4.79 Å². The number of carbonyl (C=O) groups excluding carboxylic acids is 1. The highest BCUT2D eigenvalue weighted by molar-refractivity contribution is 5.73. The molecule has 8 nitrogen and oxygen atoms in total. The predicted molar refractivity (Wildman–Crippen MR) is 85.7 cm³/mol. The monoisotopic (exact) mass is 317 g/mol. The van der Waals surface area contributed by atoms with Crippen LogP contribution in [0.5, 0.6) is 0 Å². The lowest BCUT2D eigenvalue weighted by Gasteiger charge is -2.34. The zero-order valence-electron chi connectivity index (χ0n) is 13.8.